The second-order valence-corrected chi connectivity index (χ2v) is 6.87. The molecule has 1 atom stereocenters. The predicted octanol–water partition coefficient (Wildman–Crippen LogP) is 2.47. The summed E-state index contributed by atoms with van der Waals surface area (Å²) in [6.45, 7) is 4.14. The van der Waals surface area contributed by atoms with E-state index < -0.39 is 0 Å². The monoisotopic (exact) mass is 345 g/mol. The summed E-state index contributed by atoms with van der Waals surface area (Å²) in [5, 5.41) is 0. The first-order chi connectivity index (χ1) is 11.7. The third-order valence-electron chi connectivity index (χ3n) is 4.03. The molecule has 0 amide bonds. The molecule has 1 aliphatic rings. The van der Waals surface area contributed by atoms with Crippen molar-refractivity contribution < 1.29 is 4.74 Å². The molecule has 1 aromatic heterocycles. The van der Waals surface area contributed by atoms with Crippen LogP contribution in [-0.2, 0) is 0 Å². The molecule has 3 rings (SSSR count). The van der Waals surface area contributed by atoms with E-state index in [1.165, 1.54) is 0 Å². The van der Waals surface area contributed by atoms with E-state index in [0.717, 1.165) is 36.6 Å². The van der Waals surface area contributed by atoms with Gasteiger partial charge in [-0.3, -0.25) is 4.90 Å². The van der Waals surface area contributed by atoms with Crippen LogP contribution in [0.3, 0.4) is 0 Å². The molecule has 1 aromatic carbocycles. The molecule has 1 saturated heterocycles. The summed E-state index contributed by atoms with van der Waals surface area (Å²) in [6, 6.07) is 9.80. The van der Waals surface area contributed by atoms with E-state index >= 15 is 0 Å². The number of ether oxygens (including phenoxy) is 1. The third kappa shape index (κ3) is 3.73. The molecule has 2 aromatic rings. The van der Waals surface area contributed by atoms with Crippen molar-refractivity contribution in [3.8, 4) is 17.0 Å². The van der Waals surface area contributed by atoms with Crippen molar-refractivity contribution >= 4 is 23.5 Å². The van der Waals surface area contributed by atoms with Gasteiger partial charge in [0, 0.05) is 24.6 Å². The molecular formula is C17H23N5OS. The SMILES string of the molecule is CCC(Oc1nc(N)nc(N)c1-c1ccccc1)N1CCSCC1. The van der Waals surface area contributed by atoms with Crippen molar-refractivity contribution in [2.75, 3.05) is 36.1 Å². The lowest BCUT2D eigenvalue weighted by atomic mass is 10.1. The number of aromatic nitrogens is 2. The van der Waals surface area contributed by atoms with Gasteiger partial charge in [-0.05, 0) is 12.0 Å². The number of anilines is 2. The highest BCUT2D eigenvalue weighted by Crippen LogP contribution is 2.34. The van der Waals surface area contributed by atoms with E-state index in [9.17, 15) is 0 Å². The van der Waals surface area contributed by atoms with Gasteiger partial charge in [0.2, 0.25) is 11.8 Å². The van der Waals surface area contributed by atoms with Crippen molar-refractivity contribution in [3.05, 3.63) is 30.3 Å². The fourth-order valence-electron chi connectivity index (χ4n) is 2.85. The molecule has 128 valence electrons. The highest BCUT2D eigenvalue weighted by molar-refractivity contribution is 7.99. The van der Waals surface area contributed by atoms with Gasteiger partial charge < -0.3 is 16.2 Å². The number of hydrogen-bond donors (Lipinski definition) is 2. The van der Waals surface area contributed by atoms with Crippen LogP contribution in [-0.4, -0.2) is 45.7 Å². The molecular weight excluding hydrogens is 322 g/mol. The van der Waals surface area contributed by atoms with Crippen molar-refractivity contribution in [3.63, 3.8) is 0 Å². The van der Waals surface area contributed by atoms with Crippen molar-refractivity contribution in [2.24, 2.45) is 0 Å². The first-order valence-electron chi connectivity index (χ1n) is 8.16. The minimum Gasteiger partial charge on any atom is -0.458 e. The van der Waals surface area contributed by atoms with Gasteiger partial charge in [0.1, 0.15) is 5.82 Å². The zero-order valence-electron chi connectivity index (χ0n) is 13.8. The normalized spacial score (nSPS) is 16.7. The number of rotatable bonds is 5. The van der Waals surface area contributed by atoms with Crippen molar-refractivity contribution in [1.29, 1.82) is 0 Å². The summed E-state index contributed by atoms with van der Waals surface area (Å²) in [5.41, 5.74) is 13.6. The molecule has 24 heavy (non-hydrogen) atoms. The molecule has 6 nitrogen and oxygen atoms in total. The molecule has 0 saturated carbocycles. The average molecular weight is 345 g/mol. The van der Waals surface area contributed by atoms with Crippen LogP contribution in [0, 0.1) is 0 Å². The molecule has 1 unspecified atom stereocenters. The van der Waals surface area contributed by atoms with E-state index in [1.807, 2.05) is 42.1 Å². The van der Waals surface area contributed by atoms with Crippen LogP contribution in [0.4, 0.5) is 11.8 Å². The second kappa shape index (κ2) is 7.72. The van der Waals surface area contributed by atoms with E-state index in [4.69, 9.17) is 16.2 Å². The molecule has 0 bridgehead atoms. The average Bonchev–Trinajstić information content (AvgIpc) is 2.60. The summed E-state index contributed by atoms with van der Waals surface area (Å²) in [4.78, 5) is 10.8. The molecule has 1 aliphatic heterocycles. The Hall–Kier alpha value is -1.99. The highest BCUT2D eigenvalue weighted by Gasteiger charge is 2.24. The Balaban J connectivity index is 1.94. The lowest BCUT2D eigenvalue weighted by Crippen LogP contribution is -2.44. The summed E-state index contributed by atoms with van der Waals surface area (Å²) in [5.74, 6) is 3.18. The molecule has 0 aliphatic carbocycles. The maximum Gasteiger partial charge on any atom is 0.230 e. The summed E-state index contributed by atoms with van der Waals surface area (Å²) in [7, 11) is 0. The van der Waals surface area contributed by atoms with Crippen LogP contribution in [0.1, 0.15) is 13.3 Å². The van der Waals surface area contributed by atoms with Crippen LogP contribution in [0.15, 0.2) is 30.3 Å². The van der Waals surface area contributed by atoms with Crippen LogP contribution >= 0.6 is 11.8 Å². The lowest BCUT2D eigenvalue weighted by Gasteiger charge is -2.33. The zero-order valence-corrected chi connectivity index (χ0v) is 14.6. The zero-order chi connectivity index (χ0) is 16.9. The van der Waals surface area contributed by atoms with Crippen LogP contribution in [0.5, 0.6) is 5.88 Å². The van der Waals surface area contributed by atoms with Crippen LogP contribution in [0.2, 0.25) is 0 Å². The topological polar surface area (TPSA) is 90.3 Å². The number of nitrogen functional groups attached to an aromatic ring is 2. The van der Waals surface area contributed by atoms with E-state index in [-0.39, 0.29) is 12.2 Å². The molecule has 4 N–H and O–H groups in total. The molecule has 7 heteroatoms. The number of nitrogens with two attached hydrogens (primary N) is 2. The third-order valence-corrected chi connectivity index (χ3v) is 4.98. The van der Waals surface area contributed by atoms with Crippen molar-refractivity contribution in [2.45, 2.75) is 19.6 Å². The number of nitrogens with zero attached hydrogens (tertiary/aromatic N) is 3. The number of thioether (sulfide) groups is 1. The maximum atomic E-state index is 6.26. The van der Waals surface area contributed by atoms with Gasteiger partial charge >= 0.3 is 0 Å². The van der Waals surface area contributed by atoms with Crippen LogP contribution in [0.25, 0.3) is 11.1 Å². The largest absolute Gasteiger partial charge is 0.458 e. The Kier molecular flexibility index (Phi) is 5.42. The number of benzene rings is 1. The van der Waals surface area contributed by atoms with Gasteiger partial charge in [0.05, 0.1) is 5.56 Å². The first kappa shape index (κ1) is 16.9. The smallest absolute Gasteiger partial charge is 0.230 e. The summed E-state index contributed by atoms with van der Waals surface area (Å²) >= 11 is 1.97. The first-order valence-corrected chi connectivity index (χ1v) is 9.31. The van der Waals surface area contributed by atoms with Gasteiger partial charge in [-0.15, -0.1) is 0 Å². The lowest BCUT2D eigenvalue weighted by molar-refractivity contribution is 0.0266. The van der Waals surface area contributed by atoms with Gasteiger partial charge in [-0.25, -0.2) is 0 Å². The predicted molar refractivity (Wildman–Crippen MR) is 99.9 cm³/mol. The fraction of sp³-hybridized carbons (Fsp3) is 0.412. The van der Waals surface area contributed by atoms with Crippen molar-refractivity contribution in [1.82, 2.24) is 14.9 Å². The fourth-order valence-corrected chi connectivity index (χ4v) is 3.78. The van der Waals surface area contributed by atoms with Gasteiger partial charge in [0.25, 0.3) is 0 Å². The maximum absolute atomic E-state index is 6.26. The highest BCUT2D eigenvalue weighted by atomic mass is 32.2. The quantitative estimate of drug-likeness (QED) is 0.860. The molecule has 2 heterocycles. The van der Waals surface area contributed by atoms with Gasteiger partial charge in [0.15, 0.2) is 6.23 Å². The van der Waals surface area contributed by atoms with E-state index in [1.54, 1.807) is 0 Å². The minimum absolute atomic E-state index is 0.0398. The number of hydrogen-bond acceptors (Lipinski definition) is 7. The molecule has 0 spiro atoms. The van der Waals surface area contributed by atoms with E-state index in [2.05, 4.69) is 21.8 Å². The minimum atomic E-state index is -0.0398. The Morgan fingerprint density at radius 3 is 2.54 bits per heavy atom. The van der Waals surface area contributed by atoms with Crippen LogP contribution < -0.4 is 16.2 Å². The summed E-state index contributed by atoms with van der Waals surface area (Å²) in [6.07, 6.45) is 0.824. The Bertz CT molecular complexity index is 676. The van der Waals surface area contributed by atoms with E-state index in [0.29, 0.717) is 17.3 Å². The molecule has 0 radical (unpaired) electrons. The van der Waals surface area contributed by atoms with Gasteiger partial charge in [-0.1, -0.05) is 37.3 Å². The molecule has 1 fully saturated rings. The summed E-state index contributed by atoms with van der Waals surface area (Å²) < 4.78 is 6.26. The van der Waals surface area contributed by atoms with Gasteiger partial charge in [-0.2, -0.15) is 21.7 Å². The standard InChI is InChI=1S/C17H23N5OS/c1-2-13(22-8-10-24-11-9-22)23-16-14(12-6-4-3-5-7-12)15(18)20-17(19)21-16/h3-7,13H,2,8-11H2,1H3,(H4,18,19,20,21). The Labute approximate surface area is 146 Å². The Morgan fingerprint density at radius 1 is 1.17 bits per heavy atom. The Morgan fingerprint density at radius 2 is 1.88 bits per heavy atom. The second-order valence-electron chi connectivity index (χ2n) is 5.64.